The van der Waals surface area contributed by atoms with Crippen LogP contribution in [-0.2, 0) is 23.1 Å². The molecule has 0 radical (unpaired) electrons. The molecule has 3 aromatic carbocycles. The average Bonchev–Trinajstić information content (AvgIpc) is 2.89. The standard InChI is InChI=1S/C27H21Cl2FN2O5S/c1-36-22-8-10-23(11-9-22)38(34,35)32-27(33)25-4-2-3-21(31-25)14-18-13-19(28)7-12-26(18)37-16-17-5-6-20(29)15-24(17)30/h2-13,15H,14,16H2,1H3,(H,32,33). The van der Waals surface area contributed by atoms with Crippen LogP contribution in [0.15, 0.2) is 83.8 Å². The van der Waals surface area contributed by atoms with Crippen molar-refractivity contribution in [3.05, 3.63) is 117 Å². The molecule has 0 aliphatic carbocycles. The second kappa shape index (κ2) is 11.8. The van der Waals surface area contributed by atoms with Crippen molar-refractivity contribution in [1.82, 2.24) is 9.71 Å². The number of carbonyl (C=O) groups excluding carboxylic acids is 1. The van der Waals surface area contributed by atoms with Gasteiger partial charge in [0.15, 0.2) is 0 Å². The molecular weight excluding hydrogens is 554 g/mol. The number of nitrogens with one attached hydrogen (secondary N) is 1. The minimum absolute atomic E-state index is 0.0449. The van der Waals surface area contributed by atoms with E-state index >= 15 is 0 Å². The maximum absolute atomic E-state index is 14.2. The summed E-state index contributed by atoms with van der Waals surface area (Å²) in [5.41, 5.74) is 1.34. The number of carbonyl (C=O) groups is 1. The van der Waals surface area contributed by atoms with Crippen LogP contribution in [0.5, 0.6) is 11.5 Å². The van der Waals surface area contributed by atoms with Crippen molar-refractivity contribution in [3.8, 4) is 11.5 Å². The van der Waals surface area contributed by atoms with Crippen molar-refractivity contribution in [2.45, 2.75) is 17.9 Å². The summed E-state index contributed by atoms with van der Waals surface area (Å²) >= 11 is 12.0. The Morgan fingerprint density at radius 1 is 0.947 bits per heavy atom. The number of nitrogens with zero attached hydrogens (tertiary/aromatic N) is 1. The van der Waals surface area contributed by atoms with Crippen molar-refractivity contribution >= 4 is 39.1 Å². The van der Waals surface area contributed by atoms with Crippen LogP contribution >= 0.6 is 23.2 Å². The molecule has 38 heavy (non-hydrogen) atoms. The van der Waals surface area contributed by atoms with E-state index in [-0.39, 0.29) is 28.6 Å². The molecule has 11 heteroatoms. The van der Waals surface area contributed by atoms with Crippen LogP contribution in [0.1, 0.15) is 27.3 Å². The van der Waals surface area contributed by atoms with Crippen molar-refractivity contribution < 1.29 is 27.1 Å². The Morgan fingerprint density at radius 3 is 2.37 bits per heavy atom. The molecule has 1 N–H and O–H groups in total. The van der Waals surface area contributed by atoms with Crippen LogP contribution < -0.4 is 14.2 Å². The first-order valence-electron chi connectivity index (χ1n) is 11.2. The first kappa shape index (κ1) is 27.4. The Balaban J connectivity index is 1.50. The van der Waals surface area contributed by atoms with E-state index < -0.39 is 21.7 Å². The number of hydrogen-bond acceptors (Lipinski definition) is 6. The first-order chi connectivity index (χ1) is 18.1. The minimum Gasteiger partial charge on any atom is -0.497 e. The van der Waals surface area contributed by atoms with E-state index in [4.69, 9.17) is 32.7 Å². The summed E-state index contributed by atoms with van der Waals surface area (Å²) in [6, 6.07) is 19.6. The van der Waals surface area contributed by atoms with Gasteiger partial charge in [-0.25, -0.2) is 22.5 Å². The number of methoxy groups -OCH3 is 1. The number of benzene rings is 3. The second-order valence-corrected chi connectivity index (χ2v) is 10.6. The number of hydrogen-bond donors (Lipinski definition) is 1. The molecule has 0 fully saturated rings. The van der Waals surface area contributed by atoms with Gasteiger partial charge in [-0.3, -0.25) is 4.79 Å². The van der Waals surface area contributed by atoms with Gasteiger partial charge in [0.25, 0.3) is 15.9 Å². The number of halogens is 3. The highest BCUT2D eigenvalue weighted by atomic mass is 35.5. The van der Waals surface area contributed by atoms with E-state index in [1.54, 1.807) is 36.4 Å². The Hall–Kier alpha value is -3.66. The molecule has 1 heterocycles. The van der Waals surface area contributed by atoms with Gasteiger partial charge in [0, 0.05) is 33.3 Å². The molecule has 0 aliphatic rings. The summed E-state index contributed by atoms with van der Waals surface area (Å²) in [7, 11) is -2.67. The zero-order valence-corrected chi connectivity index (χ0v) is 22.3. The molecule has 0 bridgehead atoms. The lowest BCUT2D eigenvalue weighted by molar-refractivity contribution is 0.0976. The summed E-state index contributed by atoms with van der Waals surface area (Å²) < 4.78 is 52.3. The van der Waals surface area contributed by atoms with Gasteiger partial charge >= 0.3 is 0 Å². The molecule has 0 atom stereocenters. The maximum atomic E-state index is 14.2. The molecule has 1 aromatic heterocycles. The molecule has 196 valence electrons. The van der Waals surface area contributed by atoms with Crippen LogP contribution in [0, 0.1) is 5.82 Å². The molecule has 1 amide bonds. The Kier molecular flexibility index (Phi) is 8.51. The third-order valence-corrected chi connectivity index (χ3v) is 7.25. The summed E-state index contributed by atoms with van der Waals surface area (Å²) in [6.07, 6.45) is 0.214. The van der Waals surface area contributed by atoms with Crippen LogP contribution in [0.25, 0.3) is 0 Å². The van der Waals surface area contributed by atoms with Gasteiger partial charge < -0.3 is 9.47 Å². The summed E-state index contributed by atoms with van der Waals surface area (Å²) in [5, 5.41) is 0.731. The van der Waals surface area contributed by atoms with Gasteiger partial charge in [0.2, 0.25) is 0 Å². The highest BCUT2D eigenvalue weighted by molar-refractivity contribution is 7.90. The summed E-state index contributed by atoms with van der Waals surface area (Å²) in [5.74, 6) is -0.448. The molecule has 0 saturated heterocycles. The molecule has 7 nitrogen and oxygen atoms in total. The first-order valence-corrected chi connectivity index (χ1v) is 13.4. The lowest BCUT2D eigenvalue weighted by Gasteiger charge is -2.13. The molecule has 0 aliphatic heterocycles. The average molecular weight is 575 g/mol. The highest BCUT2D eigenvalue weighted by Crippen LogP contribution is 2.27. The Morgan fingerprint density at radius 2 is 1.66 bits per heavy atom. The zero-order valence-electron chi connectivity index (χ0n) is 20.0. The lowest BCUT2D eigenvalue weighted by Crippen LogP contribution is -2.31. The van der Waals surface area contributed by atoms with E-state index in [9.17, 15) is 17.6 Å². The van der Waals surface area contributed by atoms with Crippen LogP contribution in [0.2, 0.25) is 10.0 Å². The van der Waals surface area contributed by atoms with E-state index in [0.717, 1.165) is 0 Å². The smallest absolute Gasteiger partial charge is 0.283 e. The largest absolute Gasteiger partial charge is 0.497 e. The third-order valence-electron chi connectivity index (χ3n) is 5.43. The molecule has 0 saturated carbocycles. The van der Waals surface area contributed by atoms with Crippen molar-refractivity contribution in [2.24, 2.45) is 0 Å². The molecule has 0 spiro atoms. The maximum Gasteiger partial charge on any atom is 0.283 e. The molecule has 0 unspecified atom stereocenters. The predicted molar refractivity (Wildman–Crippen MR) is 142 cm³/mol. The number of pyridine rings is 1. The fraction of sp³-hybridized carbons (Fsp3) is 0.111. The van der Waals surface area contributed by atoms with Gasteiger partial charge in [-0.05, 0) is 66.7 Å². The predicted octanol–water partition coefficient (Wildman–Crippen LogP) is 5.82. The quantitative estimate of drug-likeness (QED) is 0.270. The van der Waals surface area contributed by atoms with Gasteiger partial charge in [-0.2, -0.15) is 0 Å². The SMILES string of the molecule is COc1ccc(S(=O)(=O)NC(=O)c2cccc(Cc3cc(Cl)ccc3OCc3ccc(Cl)cc3F)n2)cc1. The Bertz CT molecular complexity index is 1580. The van der Waals surface area contributed by atoms with E-state index in [2.05, 4.69) is 4.98 Å². The second-order valence-electron chi connectivity index (χ2n) is 8.08. The monoisotopic (exact) mass is 574 g/mol. The van der Waals surface area contributed by atoms with E-state index in [1.807, 2.05) is 4.72 Å². The molecule has 4 rings (SSSR count). The molecule has 4 aromatic rings. The molecular formula is C27H21Cl2FN2O5S. The van der Waals surface area contributed by atoms with Gasteiger partial charge in [0.1, 0.15) is 29.6 Å². The van der Waals surface area contributed by atoms with Gasteiger partial charge in [-0.1, -0.05) is 35.3 Å². The van der Waals surface area contributed by atoms with Gasteiger partial charge in [0.05, 0.1) is 12.0 Å². The van der Waals surface area contributed by atoms with Crippen molar-refractivity contribution in [3.63, 3.8) is 0 Å². The normalized spacial score (nSPS) is 11.2. The zero-order chi connectivity index (χ0) is 27.3. The number of ether oxygens (including phenoxy) is 2. The van der Waals surface area contributed by atoms with E-state index in [0.29, 0.717) is 33.3 Å². The van der Waals surface area contributed by atoms with Crippen LogP contribution in [0.4, 0.5) is 4.39 Å². The summed E-state index contributed by atoms with van der Waals surface area (Å²) in [6.45, 7) is -0.0449. The van der Waals surface area contributed by atoms with Crippen LogP contribution in [0.3, 0.4) is 0 Å². The summed E-state index contributed by atoms with van der Waals surface area (Å²) in [4.78, 5) is 16.9. The third kappa shape index (κ3) is 6.80. The van der Waals surface area contributed by atoms with Crippen molar-refractivity contribution in [1.29, 1.82) is 0 Å². The topological polar surface area (TPSA) is 94.6 Å². The van der Waals surface area contributed by atoms with E-state index in [1.165, 1.54) is 49.6 Å². The number of sulfonamides is 1. The fourth-order valence-corrected chi connectivity index (χ4v) is 4.82. The van der Waals surface area contributed by atoms with Crippen molar-refractivity contribution in [2.75, 3.05) is 7.11 Å². The van der Waals surface area contributed by atoms with Crippen LogP contribution in [-0.4, -0.2) is 26.4 Å². The number of aromatic nitrogens is 1. The Labute approximate surface area is 229 Å². The fourth-order valence-electron chi connectivity index (χ4n) is 3.51. The lowest BCUT2D eigenvalue weighted by atomic mass is 10.1. The number of rotatable bonds is 9. The highest BCUT2D eigenvalue weighted by Gasteiger charge is 2.20. The minimum atomic E-state index is -4.13. The number of amides is 1. The van der Waals surface area contributed by atoms with Gasteiger partial charge in [-0.15, -0.1) is 0 Å².